The molecule has 0 bridgehead atoms. The van der Waals surface area contributed by atoms with Crippen LogP contribution in [0.15, 0.2) is 36.7 Å². The number of aryl methyl sites for hydroxylation is 3. The first-order valence-corrected chi connectivity index (χ1v) is 9.53. The Morgan fingerprint density at radius 3 is 2.90 bits per heavy atom. The van der Waals surface area contributed by atoms with Crippen LogP contribution in [-0.2, 0) is 26.1 Å². The van der Waals surface area contributed by atoms with E-state index >= 15 is 0 Å². The van der Waals surface area contributed by atoms with Gasteiger partial charge in [0, 0.05) is 48.6 Å². The average Bonchev–Trinajstić information content (AvgIpc) is 3.41. The van der Waals surface area contributed by atoms with Gasteiger partial charge in [-0.1, -0.05) is 0 Å². The lowest BCUT2D eigenvalue weighted by atomic mass is 10.1. The van der Waals surface area contributed by atoms with Crippen LogP contribution in [0.4, 0.5) is 0 Å². The minimum atomic E-state index is 0. The van der Waals surface area contributed by atoms with Gasteiger partial charge in [-0.3, -0.25) is 4.68 Å². The van der Waals surface area contributed by atoms with Crippen molar-refractivity contribution < 1.29 is 0 Å². The number of nitrogens with one attached hydrogen (secondary N) is 2. The van der Waals surface area contributed by atoms with Crippen molar-refractivity contribution >= 4 is 35.7 Å². The van der Waals surface area contributed by atoms with Crippen molar-refractivity contribution in [3.8, 4) is 17.6 Å². The third-order valence-electron chi connectivity index (χ3n) is 5.47. The summed E-state index contributed by atoms with van der Waals surface area (Å²) in [4.78, 5) is 7.99. The highest BCUT2D eigenvalue weighted by molar-refractivity contribution is 5.86. The predicted octanol–water partition coefficient (Wildman–Crippen LogP) is 3.60. The van der Waals surface area contributed by atoms with Crippen molar-refractivity contribution in [2.45, 2.75) is 33.0 Å². The summed E-state index contributed by atoms with van der Waals surface area (Å²) >= 11 is 0. The largest absolute Gasteiger partial charge is 0.358 e. The third-order valence-corrected chi connectivity index (χ3v) is 5.47. The maximum absolute atomic E-state index is 9.22. The van der Waals surface area contributed by atoms with Crippen molar-refractivity contribution in [2.24, 2.45) is 0 Å². The Hall–Kier alpha value is -2.79. The van der Waals surface area contributed by atoms with E-state index in [1.807, 2.05) is 30.6 Å². The number of aromatic nitrogens is 5. The zero-order valence-corrected chi connectivity index (χ0v) is 18.2. The van der Waals surface area contributed by atoms with Crippen molar-refractivity contribution in [2.75, 3.05) is 6.54 Å². The quantitative estimate of drug-likeness (QED) is 0.504. The molecule has 7 nitrogen and oxygen atoms in total. The smallest absolute Gasteiger partial charge is 0.160 e. The Balaban J connectivity index is 0.00000128. The highest BCUT2D eigenvalue weighted by Crippen LogP contribution is 2.25. The third kappa shape index (κ3) is 3.82. The number of fused-ring (bicyclic) bond motifs is 2. The molecule has 0 saturated heterocycles. The van der Waals surface area contributed by atoms with Crippen molar-refractivity contribution in [3.05, 3.63) is 59.2 Å². The molecule has 1 aliphatic heterocycles. The first kappa shape index (κ1) is 21.9. The van der Waals surface area contributed by atoms with Crippen LogP contribution in [0.2, 0.25) is 0 Å². The predicted molar refractivity (Wildman–Crippen MR) is 121 cm³/mol. The van der Waals surface area contributed by atoms with Crippen molar-refractivity contribution in [1.82, 2.24) is 29.6 Å². The van der Waals surface area contributed by atoms with Gasteiger partial charge in [-0.15, -0.1) is 24.8 Å². The van der Waals surface area contributed by atoms with Crippen LogP contribution in [0.1, 0.15) is 22.5 Å². The molecule has 0 radical (unpaired) electrons. The Morgan fingerprint density at radius 2 is 2.10 bits per heavy atom. The van der Waals surface area contributed by atoms with Gasteiger partial charge in [0.15, 0.2) is 5.82 Å². The summed E-state index contributed by atoms with van der Waals surface area (Å²) in [7, 11) is 0. The highest BCUT2D eigenvalue weighted by Gasteiger charge is 2.16. The first-order chi connectivity index (χ1) is 13.7. The zero-order valence-electron chi connectivity index (χ0n) is 16.6. The zero-order chi connectivity index (χ0) is 19.1. The molecule has 0 spiro atoms. The molecule has 0 fully saturated rings. The summed E-state index contributed by atoms with van der Waals surface area (Å²) in [5.74, 6) is 0.900. The van der Waals surface area contributed by atoms with Gasteiger partial charge in [0.1, 0.15) is 5.69 Å². The van der Waals surface area contributed by atoms with Gasteiger partial charge in [-0.25, -0.2) is 4.98 Å². The number of hydrogen-bond acceptors (Lipinski definition) is 4. The number of H-pyrrole nitrogens is 1. The molecule has 0 atom stereocenters. The number of rotatable bonds is 4. The average molecular weight is 444 g/mol. The second-order valence-electron chi connectivity index (χ2n) is 7.22. The molecular weight excluding hydrogens is 421 g/mol. The minimum absolute atomic E-state index is 0. The first-order valence-electron chi connectivity index (χ1n) is 9.53. The normalized spacial score (nSPS) is 12.7. The molecule has 156 valence electrons. The fourth-order valence-corrected chi connectivity index (χ4v) is 4.03. The number of hydrogen-bond donors (Lipinski definition) is 2. The number of aromatic amines is 1. The van der Waals surface area contributed by atoms with Gasteiger partial charge in [-0.05, 0) is 43.2 Å². The molecule has 3 aromatic heterocycles. The van der Waals surface area contributed by atoms with Gasteiger partial charge in [-0.2, -0.15) is 10.4 Å². The van der Waals surface area contributed by atoms with Crippen LogP contribution >= 0.6 is 24.8 Å². The van der Waals surface area contributed by atoms with E-state index in [2.05, 4.69) is 43.6 Å². The molecule has 2 N–H and O–H groups in total. The van der Waals surface area contributed by atoms with Gasteiger partial charge in [0.25, 0.3) is 0 Å². The summed E-state index contributed by atoms with van der Waals surface area (Å²) in [5.41, 5.74) is 6.29. The van der Waals surface area contributed by atoms with E-state index in [1.54, 1.807) is 0 Å². The van der Waals surface area contributed by atoms with Crippen molar-refractivity contribution in [3.63, 3.8) is 0 Å². The van der Waals surface area contributed by atoms with Crippen LogP contribution in [0, 0.1) is 18.3 Å². The molecule has 0 unspecified atom stereocenters. The number of benzene rings is 1. The Bertz CT molecular complexity index is 1190. The lowest BCUT2D eigenvalue weighted by Crippen LogP contribution is -2.28. The van der Waals surface area contributed by atoms with Gasteiger partial charge >= 0.3 is 0 Å². The molecule has 5 rings (SSSR count). The molecule has 30 heavy (non-hydrogen) atoms. The Kier molecular flexibility index (Phi) is 6.52. The number of nitriles is 1. The van der Waals surface area contributed by atoms with E-state index in [0.29, 0.717) is 5.56 Å². The maximum atomic E-state index is 9.22. The van der Waals surface area contributed by atoms with E-state index in [1.165, 1.54) is 11.3 Å². The molecule has 4 heterocycles. The van der Waals surface area contributed by atoms with E-state index in [4.69, 9.17) is 5.10 Å². The van der Waals surface area contributed by atoms with E-state index in [9.17, 15) is 5.26 Å². The number of nitrogens with zero attached hydrogens (tertiary/aromatic N) is 5. The second kappa shape index (κ2) is 8.92. The molecule has 0 aliphatic carbocycles. The number of imidazole rings is 1. The highest BCUT2D eigenvalue weighted by atomic mass is 35.5. The van der Waals surface area contributed by atoms with Gasteiger partial charge < -0.3 is 14.9 Å². The van der Waals surface area contributed by atoms with Crippen LogP contribution in [0.25, 0.3) is 22.4 Å². The molecule has 1 aromatic carbocycles. The van der Waals surface area contributed by atoms with Gasteiger partial charge in [0.2, 0.25) is 0 Å². The standard InChI is InChI=1S/C21H21N7.2ClH/c1-14-17(18-10-15(12-22)2-3-19(18)25-14)4-7-27-8-6-24-21(27)20-11-16-13-23-5-9-28(16)26-20;;/h2-3,6,8,10-11,23,25H,4-5,7,9,13H2,1H3;2*1H. The molecule has 4 aromatic rings. The SMILES string of the molecule is Cc1[nH]c2ccc(C#N)cc2c1CCn1ccnc1-c1cc2n(n1)CCNC2.Cl.Cl. The Morgan fingerprint density at radius 1 is 1.23 bits per heavy atom. The van der Waals surface area contributed by atoms with E-state index in [0.717, 1.165) is 60.7 Å². The van der Waals surface area contributed by atoms with E-state index in [-0.39, 0.29) is 24.8 Å². The minimum Gasteiger partial charge on any atom is -0.358 e. The molecule has 9 heteroatoms. The summed E-state index contributed by atoms with van der Waals surface area (Å²) in [6.45, 7) is 5.59. The fourth-order valence-electron chi connectivity index (χ4n) is 4.03. The maximum Gasteiger partial charge on any atom is 0.160 e. The van der Waals surface area contributed by atoms with Crippen LogP contribution in [-0.4, -0.2) is 30.9 Å². The lowest BCUT2D eigenvalue weighted by molar-refractivity contribution is 0.476. The molecular formula is C21H23Cl2N7. The van der Waals surface area contributed by atoms with E-state index < -0.39 is 0 Å². The van der Waals surface area contributed by atoms with Gasteiger partial charge in [0.05, 0.1) is 23.9 Å². The topological polar surface area (TPSA) is 87.2 Å². The Labute approximate surface area is 186 Å². The fraction of sp³-hybridized carbons (Fsp3) is 0.286. The van der Waals surface area contributed by atoms with Crippen LogP contribution in [0.3, 0.4) is 0 Å². The summed E-state index contributed by atoms with van der Waals surface area (Å²) in [5, 5.41) is 18.5. The summed E-state index contributed by atoms with van der Waals surface area (Å²) in [6.07, 6.45) is 4.71. The molecule has 1 aliphatic rings. The second-order valence-corrected chi connectivity index (χ2v) is 7.22. The molecule has 0 saturated carbocycles. The van der Waals surface area contributed by atoms with Crippen LogP contribution < -0.4 is 5.32 Å². The van der Waals surface area contributed by atoms with Crippen LogP contribution in [0.5, 0.6) is 0 Å². The summed E-state index contributed by atoms with van der Waals surface area (Å²) < 4.78 is 4.23. The monoisotopic (exact) mass is 443 g/mol. The molecule has 0 amide bonds. The van der Waals surface area contributed by atoms with Crippen molar-refractivity contribution in [1.29, 1.82) is 5.26 Å². The lowest BCUT2D eigenvalue weighted by Gasteiger charge is -2.13. The summed E-state index contributed by atoms with van der Waals surface area (Å²) in [6, 6.07) is 10.2. The number of halogens is 2.